The molecule has 4 nitrogen and oxygen atoms in total. The highest BCUT2D eigenvalue weighted by molar-refractivity contribution is 6.31. The maximum atomic E-state index is 13.1. The van der Waals surface area contributed by atoms with Gasteiger partial charge in [0.1, 0.15) is 6.67 Å². The summed E-state index contributed by atoms with van der Waals surface area (Å²) in [5.41, 5.74) is 3.33. The van der Waals surface area contributed by atoms with E-state index in [4.69, 9.17) is 11.6 Å². The molecule has 0 saturated carbocycles. The first-order chi connectivity index (χ1) is 12.0. The third-order valence-corrected chi connectivity index (χ3v) is 4.90. The van der Waals surface area contributed by atoms with Crippen molar-refractivity contribution in [3.05, 3.63) is 64.2 Å². The molecule has 1 fully saturated rings. The van der Waals surface area contributed by atoms with Gasteiger partial charge in [0.05, 0.1) is 0 Å². The molecule has 0 bridgehead atoms. The van der Waals surface area contributed by atoms with Crippen LogP contribution in [0.15, 0.2) is 42.5 Å². The first-order valence-corrected chi connectivity index (χ1v) is 8.76. The Morgan fingerprint density at radius 1 is 1.16 bits per heavy atom. The van der Waals surface area contributed by atoms with E-state index in [1.165, 1.54) is 0 Å². The lowest BCUT2D eigenvalue weighted by atomic mass is 10.1. The third kappa shape index (κ3) is 3.85. The van der Waals surface area contributed by atoms with Gasteiger partial charge in [0, 0.05) is 29.2 Å². The molecule has 130 valence electrons. The summed E-state index contributed by atoms with van der Waals surface area (Å²) in [4.78, 5) is 28.5. The Hall–Kier alpha value is -2.33. The number of carbonyl (C=O) groups is 2. The molecule has 5 heteroatoms. The number of nitrogens with zero attached hydrogens (tertiary/aromatic N) is 2. The van der Waals surface area contributed by atoms with Crippen molar-refractivity contribution < 1.29 is 9.59 Å². The Morgan fingerprint density at radius 3 is 2.48 bits per heavy atom. The van der Waals surface area contributed by atoms with Crippen molar-refractivity contribution in [3.8, 4) is 0 Å². The average Bonchev–Trinajstić information content (AvgIpc) is 3.00. The zero-order chi connectivity index (χ0) is 18.0. The minimum atomic E-state index is -0.139. The molecule has 0 N–H and O–H groups in total. The molecule has 3 rings (SSSR count). The molecule has 0 aliphatic carbocycles. The molecule has 1 heterocycles. The van der Waals surface area contributed by atoms with E-state index in [1.54, 1.807) is 15.9 Å². The molecule has 0 atom stereocenters. The van der Waals surface area contributed by atoms with E-state index in [2.05, 4.69) is 0 Å². The predicted octanol–water partition coefficient (Wildman–Crippen LogP) is 4.18. The van der Waals surface area contributed by atoms with Gasteiger partial charge in [-0.25, -0.2) is 0 Å². The number of hydrogen-bond donors (Lipinski definition) is 0. The number of halogens is 1. The Balaban J connectivity index is 1.95. The number of carbonyl (C=O) groups excluding carboxylic acids is 2. The predicted molar refractivity (Wildman–Crippen MR) is 100.0 cm³/mol. The normalized spacial score (nSPS) is 14.0. The lowest BCUT2D eigenvalue weighted by Gasteiger charge is -2.28. The number of aryl methyl sites for hydroxylation is 2. The quantitative estimate of drug-likeness (QED) is 0.824. The largest absolute Gasteiger partial charge is 0.324 e. The lowest BCUT2D eigenvalue weighted by molar-refractivity contribution is -0.127. The monoisotopic (exact) mass is 356 g/mol. The van der Waals surface area contributed by atoms with Crippen LogP contribution < -0.4 is 4.90 Å². The van der Waals surface area contributed by atoms with Crippen molar-refractivity contribution in [1.29, 1.82) is 0 Å². The van der Waals surface area contributed by atoms with Gasteiger partial charge in [-0.05, 0) is 50.1 Å². The molecule has 1 saturated heterocycles. The van der Waals surface area contributed by atoms with Crippen molar-refractivity contribution in [1.82, 2.24) is 4.90 Å². The molecule has 0 radical (unpaired) electrons. The summed E-state index contributed by atoms with van der Waals surface area (Å²) in [6.45, 7) is 4.82. The van der Waals surface area contributed by atoms with E-state index in [-0.39, 0.29) is 18.5 Å². The Kier molecular flexibility index (Phi) is 5.09. The zero-order valence-electron chi connectivity index (χ0n) is 14.5. The topological polar surface area (TPSA) is 40.6 Å². The highest BCUT2D eigenvalue weighted by Gasteiger charge is 2.26. The van der Waals surface area contributed by atoms with Crippen molar-refractivity contribution in [2.75, 3.05) is 18.1 Å². The first-order valence-electron chi connectivity index (χ1n) is 8.38. The Labute approximate surface area is 153 Å². The van der Waals surface area contributed by atoms with Crippen molar-refractivity contribution >= 4 is 29.1 Å². The van der Waals surface area contributed by atoms with Crippen LogP contribution in [0.3, 0.4) is 0 Å². The highest BCUT2D eigenvalue weighted by Crippen LogP contribution is 2.26. The highest BCUT2D eigenvalue weighted by atomic mass is 35.5. The van der Waals surface area contributed by atoms with Gasteiger partial charge in [-0.1, -0.05) is 35.4 Å². The maximum Gasteiger partial charge on any atom is 0.259 e. The van der Waals surface area contributed by atoms with Crippen LogP contribution in [0.5, 0.6) is 0 Å². The molecule has 0 spiro atoms. The third-order valence-electron chi connectivity index (χ3n) is 4.49. The van der Waals surface area contributed by atoms with Crippen LogP contribution in [0.4, 0.5) is 5.69 Å². The summed E-state index contributed by atoms with van der Waals surface area (Å²) in [5, 5.41) is 0.604. The van der Waals surface area contributed by atoms with Gasteiger partial charge in [0.2, 0.25) is 5.91 Å². The zero-order valence-corrected chi connectivity index (χ0v) is 15.2. The molecule has 25 heavy (non-hydrogen) atoms. The van der Waals surface area contributed by atoms with Gasteiger partial charge >= 0.3 is 0 Å². The van der Waals surface area contributed by atoms with E-state index >= 15 is 0 Å². The Morgan fingerprint density at radius 2 is 1.88 bits per heavy atom. The number of rotatable bonds is 4. The van der Waals surface area contributed by atoms with Crippen molar-refractivity contribution in [3.63, 3.8) is 0 Å². The minimum absolute atomic E-state index is 0.0833. The van der Waals surface area contributed by atoms with Gasteiger partial charge in [-0.15, -0.1) is 0 Å². The van der Waals surface area contributed by atoms with Crippen LogP contribution in [-0.4, -0.2) is 29.9 Å². The van der Waals surface area contributed by atoms with E-state index in [1.807, 2.05) is 50.2 Å². The summed E-state index contributed by atoms with van der Waals surface area (Å²) >= 11 is 6.26. The average molecular weight is 357 g/mol. The summed E-state index contributed by atoms with van der Waals surface area (Å²) in [6.07, 6.45) is 1.38. The Bertz CT molecular complexity index is 802. The maximum absolute atomic E-state index is 13.1. The molecule has 2 aromatic rings. The van der Waals surface area contributed by atoms with Gasteiger partial charge in [0.25, 0.3) is 5.91 Å². The van der Waals surface area contributed by atoms with Gasteiger partial charge in [-0.2, -0.15) is 0 Å². The van der Waals surface area contributed by atoms with E-state index < -0.39 is 0 Å². The van der Waals surface area contributed by atoms with Crippen LogP contribution in [-0.2, 0) is 4.79 Å². The standard InChI is InChI=1S/C20H21ClN2O2/c1-14-5-8-16(9-6-14)20(25)23(13-22-11-3-4-19(22)24)17-10-7-15(2)18(21)12-17/h5-10,12H,3-4,11,13H2,1-2H3. The molecular formula is C20H21ClN2O2. The SMILES string of the molecule is Cc1ccc(C(=O)N(CN2CCCC2=O)c2ccc(C)c(Cl)c2)cc1. The summed E-state index contributed by atoms with van der Waals surface area (Å²) in [5.74, 6) is -0.0560. The number of likely N-dealkylation sites (tertiary alicyclic amines) is 1. The molecular weight excluding hydrogens is 336 g/mol. The second kappa shape index (κ2) is 7.28. The van der Waals surface area contributed by atoms with E-state index in [9.17, 15) is 9.59 Å². The number of hydrogen-bond acceptors (Lipinski definition) is 2. The number of benzene rings is 2. The summed E-state index contributed by atoms with van der Waals surface area (Å²) in [7, 11) is 0. The fourth-order valence-corrected chi connectivity index (χ4v) is 3.06. The molecule has 2 aromatic carbocycles. The van der Waals surface area contributed by atoms with Gasteiger partial charge in [-0.3, -0.25) is 14.5 Å². The number of amides is 2. The second-order valence-electron chi connectivity index (χ2n) is 6.43. The fourth-order valence-electron chi connectivity index (χ4n) is 2.89. The molecule has 0 unspecified atom stereocenters. The second-order valence-corrected chi connectivity index (χ2v) is 6.84. The molecule has 1 aliphatic heterocycles. The molecule has 2 amide bonds. The van der Waals surface area contributed by atoms with Crippen LogP contribution in [0.1, 0.15) is 34.3 Å². The fraction of sp³-hybridized carbons (Fsp3) is 0.300. The first kappa shape index (κ1) is 17.5. The van der Waals surface area contributed by atoms with Crippen molar-refractivity contribution in [2.24, 2.45) is 0 Å². The minimum Gasteiger partial charge on any atom is -0.324 e. The van der Waals surface area contributed by atoms with Crippen LogP contribution in [0.25, 0.3) is 0 Å². The van der Waals surface area contributed by atoms with Gasteiger partial charge < -0.3 is 4.90 Å². The van der Waals surface area contributed by atoms with E-state index in [0.29, 0.717) is 29.2 Å². The molecule has 0 aromatic heterocycles. The number of anilines is 1. The van der Waals surface area contributed by atoms with E-state index in [0.717, 1.165) is 17.5 Å². The van der Waals surface area contributed by atoms with Crippen LogP contribution in [0.2, 0.25) is 5.02 Å². The summed E-state index contributed by atoms with van der Waals surface area (Å²) < 4.78 is 0. The summed E-state index contributed by atoms with van der Waals surface area (Å²) in [6, 6.07) is 13.0. The smallest absolute Gasteiger partial charge is 0.259 e. The molecule has 1 aliphatic rings. The lowest BCUT2D eigenvalue weighted by Crippen LogP contribution is -2.42. The van der Waals surface area contributed by atoms with Crippen LogP contribution >= 0.6 is 11.6 Å². The van der Waals surface area contributed by atoms with Crippen LogP contribution in [0, 0.1) is 13.8 Å². The van der Waals surface area contributed by atoms with Crippen molar-refractivity contribution in [2.45, 2.75) is 26.7 Å². The van der Waals surface area contributed by atoms with Gasteiger partial charge in [0.15, 0.2) is 0 Å².